The highest BCUT2D eigenvalue weighted by atomic mass is 35.5. The molecule has 7 nitrogen and oxygen atoms in total. The summed E-state index contributed by atoms with van der Waals surface area (Å²) in [6, 6.07) is 15.7. The van der Waals surface area contributed by atoms with E-state index in [2.05, 4.69) is 39.6 Å². The molecule has 0 bridgehead atoms. The Balaban J connectivity index is 1.44. The smallest absolute Gasteiger partial charge is 0.193 e. The van der Waals surface area contributed by atoms with Crippen LogP contribution in [0, 0.1) is 0 Å². The summed E-state index contributed by atoms with van der Waals surface area (Å²) in [6.07, 6.45) is 2.56. The van der Waals surface area contributed by atoms with Crippen LogP contribution in [0.5, 0.6) is 0 Å². The Labute approximate surface area is 173 Å². The first-order chi connectivity index (χ1) is 14.1. The molecule has 4 rings (SSSR count). The zero-order valence-corrected chi connectivity index (χ0v) is 16.6. The van der Waals surface area contributed by atoms with E-state index < -0.39 is 0 Å². The van der Waals surface area contributed by atoms with Crippen LogP contribution in [0.2, 0.25) is 5.22 Å². The number of halogens is 1. The average molecular weight is 410 g/mol. The van der Waals surface area contributed by atoms with Gasteiger partial charge in [-0.25, -0.2) is 9.67 Å². The van der Waals surface area contributed by atoms with E-state index in [0.29, 0.717) is 36.3 Å². The standard InChI is InChI=1S/C21H20ClN5O2/c1-28-13-16-6-8-18(21(23)24-16)19-12-27(26-25-19)11-15-4-2-14(3-5-15)10-17-7-9-20(22)29-17/h2-9,12H,10-11,13H2,1H3,(H2,23,24). The van der Waals surface area contributed by atoms with Gasteiger partial charge < -0.3 is 14.9 Å². The fourth-order valence-corrected chi connectivity index (χ4v) is 3.22. The van der Waals surface area contributed by atoms with Crippen molar-refractivity contribution in [3.63, 3.8) is 0 Å². The second kappa shape index (κ2) is 8.46. The third-order valence-electron chi connectivity index (χ3n) is 4.46. The molecule has 0 radical (unpaired) electrons. The van der Waals surface area contributed by atoms with Crippen LogP contribution < -0.4 is 5.73 Å². The van der Waals surface area contributed by atoms with Gasteiger partial charge in [0.15, 0.2) is 5.22 Å². The molecule has 0 atom stereocenters. The predicted molar refractivity (Wildman–Crippen MR) is 110 cm³/mol. The van der Waals surface area contributed by atoms with E-state index in [1.807, 2.05) is 24.4 Å². The quantitative estimate of drug-likeness (QED) is 0.496. The summed E-state index contributed by atoms with van der Waals surface area (Å²) in [4.78, 5) is 4.34. The van der Waals surface area contributed by atoms with Crippen LogP contribution in [0.3, 0.4) is 0 Å². The molecule has 3 aromatic heterocycles. The number of methoxy groups -OCH3 is 1. The molecule has 148 valence electrons. The van der Waals surface area contributed by atoms with Crippen molar-refractivity contribution in [1.29, 1.82) is 0 Å². The number of nitrogens with two attached hydrogens (primary N) is 1. The van der Waals surface area contributed by atoms with Gasteiger partial charge in [-0.1, -0.05) is 29.5 Å². The van der Waals surface area contributed by atoms with Crippen molar-refractivity contribution in [2.75, 3.05) is 12.8 Å². The third kappa shape index (κ3) is 4.64. The monoisotopic (exact) mass is 409 g/mol. The number of hydrogen-bond donors (Lipinski definition) is 1. The molecule has 0 saturated carbocycles. The first-order valence-corrected chi connectivity index (χ1v) is 9.45. The van der Waals surface area contributed by atoms with Crippen LogP contribution in [0.1, 0.15) is 22.6 Å². The Bertz CT molecular complexity index is 1100. The maximum Gasteiger partial charge on any atom is 0.193 e. The van der Waals surface area contributed by atoms with Crippen molar-refractivity contribution in [1.82, 2.24) is 20.0 Å². The predicted octanol–water partition coefficient (Wildman–Crippen LogP) is 3.95. The minimum atomic E-state index is 0.405. The Morgan fingerprint density at radius 1 is 1.07 bits per heavy atom. The van der Waals surface area contributed by atoms with Crippen molar-refractivity contribution in [3.05, 3.63) is 82.5 Å². The number of hydrogen-bond acceptors (Lipinski definition) is 6. The average Bonchev–Trinajstić information content (AvgIpc) is 3.33. The number of anilines is 1. The zero-order chi connectivity index (χ0) is 20.2. The minimum Gasteiger partial charge on any atom is -0.449 e. The zero-order valence-electron chi connectivity index (χ0n) is 15.9. The summed E-state index contributed by atoms with van der Waals surface area (Å²) in [5.74, 6) is 1.25. The minimum absolute atomic E-state index is 0.405. The highest BCUT2D eigenvalue weighted by Crippen LogP contribution is 2.23. The van der Waals surface area contributed by atoms with Crippen LogP contribution in [0.15, 0.2) is 59.1 Å². The Morgan fingerprint density at radius 2 is 1.86 bits per heavy atom. The summed E-state index contributed by atoms with van der Waals surface area (Å²) in [6.45, 7) is 1.02. The van der Waals surface area contributed by atoms with Gasteiger partial charge in [0, 0.05) is 19.1 Å². The molecule has 0 aliphatic heterocycles. The molecule has 0 fully saturated rings. The van der Waals surface area contributed by atoms with E-state index in [1.165, 1.54) is 0 Å². The van der Waals surface area contributed by atoms with Crippen LogP contribution in [0.25, 0.3) is 11.3 Å². The molecule has 4 aromatic rings. The first-order valence-electron chi connectivity index (χ1n) is 9.07. The largest absolute Gasteiger partial charge is 0.449 e. The van der Waals surface area contributed by atoms with Gasteiger partial charge in [0.05, 0.1) is 25.0 Å². The van der Waals surface area contributed by atoms with E-state index in [4.69, 9.17) is 26.5 Å². The lowest BCUT2D eigenvalue weighted by Crippen LogP contribution is -2.00. The van der Waals surface area contributed by atoms with Crippen LogP contribution in [0.4, 0.5) is 5.82 Å². The lowest BCUT2D eigenvalue weighted by molar-refractivity contribution is 0.181. The number of nitrogens with zero attached hydrogens (tertiary/aromatic N) is 4. The lowest BCUT2D eigenvalue weighted by atomic mass is 10.1. The van der Waals surface area contributed by atoms with Gasteiger partial charge in [-0.15, -0.1) is 5.10 Å². The molecule has 0 aliphatic carbocycles. The van der Waals surface area contributed by atoms with Gasteiger partial charge >= 0.3 is 0 Å². The summed E-state index contributed by atoms with van der Waals surface area (Å²) < 4.78 is 12.3. The third-order valence-corrected chi connectivity index (χ3v) is 4.67. The number of pyridine rings is 1. The maximum atomic E-state index is 6.07. The van der Waals surface area contributed by atoms with Crippen LogP contribution in [-0.2, 0) is 24.3 Å². The summed E-state index contributed by atoms with van der Waals surface area (Å²) in [5, 5.41) is 8.85. The molecule has 1 aromatic carbocycles. The van der Waals surface area contributed by atoms with Crippen molar-refractivity contribution in [2.24, 2.45) is 0 Å². The fourth-order valence-electron chi connectivity index (χ4n) is 3.06. The second-order valence-corrected chi connectivity index (χ2v) is 7.04. The number of furan rings is 1. The number of nitrogen functional groups attached to an aromatic ring is 1. The van der Waals surface area contributed by atoms with E-state index >= 15 is 0 Å². The SMILES string of the molecule is COCc1ccc(-c2cn(Cc3ccc(Cc4ccc(Cl)o4)cc3)nn2)c(N)n1. The van der Waals surface area contributed by atoms with E-state index in [9.17, 15) is 0 Å². The molecule has 2 N–H and O–H groups in total. The molecule has 3 heterocycles. The number of aromatic nitrogens is 4. The number of benzene rings is 1. The molecule has 8 heteroatoms. The van der Waals surface area contributed by atoms with E-state index in [-0.39, 0.29) is 0 Å². The molecular formula is C21H20ClN5O2. The van der Waals surface area contributed by atoms with Gasteiger partial charge in [-0.05, 0) is 47.0 Å². The maximum absolute atomic E-state index is 6.07. The lowest BCUT2D eigenvalue weighted by Gasteiger charge is -2.05. The molecular weight excluding hydrogens is 390 g/mol. The van der Waals surface area contributed by atoms with Gasteiger partial charge in [0.1, 0.15) is 17.3 Å². The van der Waals surface area contributed by atoms with E-state index in [0.717, 1.165) is 28.1 Å². The van der Waals surface area contributed by atoms with Crippen molar-refractivity contribution >= 4 is 17.4 Å². The first kappa shape index (κ1) is 19.2. The normalized spacial score (nSPS) is 11.1. The molecule has 0 saturated heterocycles. The Hall–Kier alpha value is -3.16. The number of rotatable bonds is 7. The summed E-state index contributed by atoms with van der Waals surface area (Å²) in [5.41, 5.74) is 10.5. The summed E-state index contributed by atoms with van der Waals surface area (Å²) >= 11 is 5.82. The number of ether oxygens (including phenoxy) is 1. The van der Waals surface area contributed by atoms with Crippen molar-refractivity contribution in [2.45, 2.75) is 19.6 Å². The van der Waals surface area contributed by atoms with Crippen molar-refractivity contribution < 1.29 is 9.15 Å². The van der Waals surface area contributed by atoms with Gasteiger partial charge in [-0.2, -0.15) is 0 Å². The van der Waals surface area contributed by atoms with Crippen LogP contribution in [-0.4, -0.2) is 27.1 Å². The molecule has 0 aliphatic rings. The fraction of sp³-hybridized carbons (Fsp3) is 0.190. The van der Waals surface area contributed by atoms with Gasteiger partial charge in [-0.3, -0.25) is 0 Å². The van der Waals surface area contributed by atoms with Crippen LogP contribution >= 0.6 is 11.6 Å². The molecule has 0 spiro atoms. The molecule has 0 unspecified atom stereocenters. The Morgan fingerprint density at radius 3 is 2.55 bits per heavy atom. The van der Waals surface area contributed by atoms with E-state index in [1.54, 1.807) is 17.9 Å². The summed E-state index contributed by atoms with van der Waals surface area (Å²) in [7, 11) is 1.62. The topological polar surface area (TPSA) is 92.0 Å². The molecule has 29 heavy (non-hydrogen) atoms. The second-order valence-electron chi connectivity index (χ2n) is 6.67. The van der Waals surface area contributed by atoms with Crippen molar-refractivity contribution in [3.8, 4) is 11.3 Å². The molecule has 0 amide bonds. The Kier molecular flexibility index (Phi) is 5.59. The van der Waals surface area contributed by atoms with Gasteiger partial charge in [0.2, 0.25) is 0 Å². The van der Waals surface area contributed by atoms with Gasteiger partial charge in [0.25, 0.3) is 0 Å². The highest BCUT2D eigenvalue weighted by Gasteiger charge is 2.10. The highest BCUT2D eigenvalue weighted by molar-refractivity contribution is 6.28.